The second-order valence-corrected chi connectivity index (χ2v) is 5.67. The van der Waals surface area contributed by atoms with Gasteiger partial charge >= 0.3 is 0 Å². The summed E-state index contributed by atoms with van der Waals surface area (Å²) in [6.07, 6.45) is 6.59. The van der Waals surface area contributed by atoms with Crippen LogP contribution in [-0.2, 0) is 0 Å². The summed E-state index contributed by atoms with van der Waals surface area (Å²) in [5, 5.41) is 9.30. The number of hydrogen-bond donors (Lipinski definition) is 0. The molecule has 1 unspecified atom stereocenters. The van der Waals surface area contributed by atoms with Gasteiger partial charge in [-0.25, -0.2) is 0 Å². The summed E-state index contributed by atoms with van der Waals surface area (Å²) in [4.78, 5) is 2.43. The van der Waals surface area contributed by atoms with E-state index in [0.29, 0.717) is 12.1 Å². The van der Waals surface area contributed by atoms with Crippen LogP contribution in [0.25, 0.3) is 0 Å². The van der Waals surface area contributed by atoms with E-state index in [1.54, 1.807) is 0 Å². The smallest absolute Gasteiger partial charge is 0.119 e. The van der Waals surface area contributed by atoms with Gasteiger partial charge in [-0.3, -0.25) is 4.90 Å². The Kier molecular flexibility index (Phi) is 3.09. The van der Waals surface area contributed by atoms with Crippen LogP contribution in [0.2, 0.25) is 0 Å². The number of benzene rings is 1. The van der Waals surface area contributed by atoms with E-state index in [-0.39, 0.29) is 6.04 Å². The number of nitrogens with zero attached hydrogens (tertiary/aromatic N) is 2. The lowest BCUT2D eigenvalue weighted by Crippen LogP contribution is -2.23. The minimum atomic E-state index is 0.121. The molecule has 3 atom stereocenters. The molecule has 2 aliphatic rings. The highest BCUT2D eigenvalue weighted by Gasteiger charge is 2.52. The van der Waals surface area contributed by atoms with Gasteiger partial charge in [0.05, 0.1) is 12.1 Å². The maximum Gasteiger partial charge on any atom is 0.119 e. The monoisotopic (exact) mass is 240 g/mol. The van der Waals surface area contributed by atoms with Crippen LogP contribution < -0.4 is 0 Å². The molecule has 0 bridgehead atoms. The average Bonchev–Trinajstić information content (AvgIpc) is 3.15. The highest BCUT2D eigenvalue weighted by Crippen LogP contribution is 2.47. The van der Waals surface area contributed by atoms with Crippen molar-refractivity contribution in [3.8, 4) is 6.07 Å². The Hall–Kier alpha value is -1.33. The summed E-state index contributed by atoms with van der Waals surface area (Å²) >= 11 is 0. The van der Waals surface area contributed by atoms with E-state index in [2.05, 4.69) is 42.2 Å². The molecule has 0 amide bonds. The van der Waals surface area contributed by atoms with Crippen LogP contribution in [0.4, 0.5) is 0 Å². The topological polar surface area (TPSA) is 26.8 Å². The zero-order chi connectivity index (χ0) is 12.5. The van der Waals surface area contributed by atoms with Gasteiger partial charge < -0.3 is 0 Å². The van der Waals surface area contributed by atoms with Gasteiger partial charge in [0.25, 0.3) is 0 Å². The van der Waals surface area contributed by atoms with Crippen molar-refractivity contribution in [2.45, 2.75) is 57.2 Å². The van der Waals surface area contributed by atoms with E-state index in [1.165, 1.54) is 43.2 Å². The zero-order valence-corrected chi connectivity index (χ0v) is 11.0. The highest BCUT2D eigenvalue weighted by atomic mass is 15.4. The van der Waals surface area contributed by atoms with Crippen molar-refractivity contribution >= 4 is 0 Å². The zero-order valence-electron chi connectivity index (χ0n) is 11.0. The Morgan fingerprint density at radius 2 is 1.78 bits per heavy atom. The summed E-state index contributed by atoms with van der Waals surface area (Å²) in [6.45, 7) is 2.11. The third-order valence-corrected chi connectivity index (χ3v) is 4.40. The molecule has 3 rings (SSSR count). The molecule has 2 nitrogen and oxygen atoms in total. The minimum Gasteiger partial charge on any atom is -0.274 e. The van der Waals surface area contributed by atoms with Crippen molar-refractivity contribution in [2.24, 2.45) is 0 Å². The highest BCUT2D eigenvalue weighted by molar-refractivity contribution is 5.33. The summed E-state index contributed by atoms with van der Waals surface area (Å²) in [6, 6.07) is 12.3. The van der Waals surface area contributed by atoms with Gasteiger partial charge in [-0.05, 0) is 25.3 Å². The molecule has 1 aromatic rings. The van der Waals surface area contributed by atoms with Crippen LogP contribution >= 0.6 is 0 Å². The standard InChI is InChI=1S/C16H20N2/c1-12-7-9-13(10-8-12)16-15(11-17)18(16)14-5-3-2-4-6-14/h7-10,14-16H,2-6H2,1H3/t15-,16+,18?/m1/s1. The Bertz CT molecular complexity index is 451. The van der Waals surface area contributed by atoms with E-state index < -0.39 is 0 Å². The maximum atomic E-state index is 9.30. The van der Waals surface area contributed by atoms with Crippen molar-refractivity contribution in [3.63, 3.8) is 0 Å². The molecular weight excluding hydrogens is 220 g/mol. The van der Waals surface area contributed by atoms with Crippen molar-refractivity contribution in [2.75, 3.05) is 0 Å². The second kappa shape index (κ2) is 4.74. The molecule has 1 aliphatic carbocycles. The number of aryl methyl sites for hydroxylation is 1. The lowest BCUT2D eigenvalue weighted by Gasteiger charge is -2.23. The summed E-state index contributed by atoms with van der Waals surface area (Å²) in [5.74, 6) is 0. The Morgan fingerprint density at radius 1 is 1.11 bits per heavy atom. The molecule has 0 spiro atoms. The van der Waals surface area contributed by atoms with E-state index >= 15 is 0 Å². The fourth-order valence-electron chi connectivity index (χ4n) is 3.34. The Labute approximate surface area is 109 Å². The van der Waals surface area contributed by atoms with Crippen LogP contribution in [0.15, 0.2) is 24.3 Å². The van der Waals surface area contributed by atoms with Crippen molar-refractivity contribution in [1.82, 2.24) is 4.90 Å². The van der Waals surface area contributed by atoms with Gasteiger partial charge in [0.15, 0.2) is 0 Å². The molecule has 2 fully saturated rings. The van der Waals surface area contributed by atoms with E-state index in [1.807, 2.05) is 0 Å². The number of rotatable bonds is 2. The fraction of sp³-hybridized carbons (Fsp3) is 0.562. The van der Waals surface area contributed by atoms with Crippen LogP contribution in [0.5, 0.6) is 0 Å². The third kappa shape index (κ3) is 2.04. The maximum absolute atomic E-state index is 9.30. The predicted octanol–water partition coefficient (Wildman–Crippen LogP) is 3.58. The first kappa shape index (κ1) is 11.7. The number of hydrogen-bond acceptors (Lipinski definition) is 2. The molecule has 1 aromatic carbocycles. The van der Waals surface area contributed by atoms with Gasteiger partial charge in [0, 0.05) is 6.04 Å². The lowest BCUT2D eigenvalue weighted by molar-refractivity contribution is 0.276. The molecular formula is C16H20N2. The van der Waals surface area contributed by atoms with Crippen molar-refractivity contribution in [1.29, 1.82) is 5.26 Å². The van der Waals surface area contributed by atoms with E-state index in [4.69, 9.17) is 0 Å². The predicted molar refractivity (Wildman–Crippen MR) is 72.0 cm³/mol. The van der Waals surface area contributed by atoms with Crippen LogP contribution in [0, 0.1) is 18.3 Å². The van der Waals surface area contributed by atoms with Gasteiger partial charge in [-0.15, -0.1) is 0 Å². The van der Waals surface area contributed by atoms with Crippen molar-refractivity contribution < 1.29 is 0 Å². The van der Waals surface area contributed by atoms with Crippen molar-refractivity contribution in [3.05, 3.63) is 35.4 Å². The van der Waals surface area contributed by atoms with Crippen LogP contribution in [0.1, 0.15) is 49.3 Å². The largest absolute Gasteiger partial charge is 0.274 e. The SMILES string of the molecule is Cc1ccc([C@H]2[C@@H](C#N)N2C2CCCCC2)cc1. The first-order valence-electron chi connectivity index (χ1n) is 7.05. The van der Waals surface area contributed by atoms with E-state index in [0.717, 1.165) is 0 Å². The third-order valence-electron chi connectivity index (χ3n) is 4.40. The first-order valence-corrected chi connectivity index (χ1v) is 7.05. The molecule has 1 saturated carbocycles. The molecule has 2 heteroatoms. The van der Waals surface area contributed by atoms with Crippen LogP contribution in [0.3, 0.4) is 0 Å². The number of nitriles is 1. The quantitative estimate of drug-likeness (QED) is 0.739. The van der Waals surface area contributed by atoms with Gasteiger partial charge in [-0.1, -0.05) is 49.1 Å². The molecule has 1 saturated heterocycles. The van der Waals surface area contributed by atoms with Gasteiger partial charge in [0.1, 0.15) is 6.04 Å². The van der Waals surface area contributed by atoms with E-state index in [9.17, 15) is 5.26 Å². The molecule has 0 N–H and O–H groups in total. The summed E-state index contributed by atoms with van der Waals surface area (Å²) in [7, 11) is 0. The Balaban J connectivity index is 1.76. The molecule has 1 heterocycles. The Morgan fingerprint density at radius 3 is 2.39 bits per heavy atom. The fourth-order valence-corrected chi connectivity index (χ4v) is 3.34. The average molecular weight is 240 g/mol. The minimum absolute atomic E-state index is 0.121. The van der Waals surface area contributed by atoms with Gasteiger partial charge in [0.2, 0.25) is 0 Å². The normalized spacial score (nSPS) is 31.9. The molecule has 18 heavy (non-hydrogen) atoms. The lowest BCUT2D eigenvalue weighted by atomic mass is 9.95. The van der Waals surface area contributed by atoms with Gasteiger partial charge in [-0.2, -0.15) is 5.26 Å². The van der Waals surface area contributed by atoms with Crippen LogP contribution in [-0.4, -0.2) is 17.0 Å². The molecule has 1 aliphatic heterocycles. The molecule has 0 radical (unpaired) electrons. The summed E-state index contributed by atoms with van der Waals surface area (Å²) in [5.41, 5.74) is 2.61. The molecule has 0 aromatic heterocycles. The summed E-state index contributed by atoms with van der Waals surface area (Å²) < 4.78 is 0. The first-order chi connectivity index (χ1) is 8.81. The second-order valence-electron chi connectivity index (χ2n) is 5.67. The molecule has 94 valence electrons.